The largest absolute Gasteiger partial charge is 0.454 e. The highest BCUT2D eigenvalue weighted by Crippen LogP contribution is 2.34. The van der Waals surface area contributed by atoms with Crippen molar-refractivity contribution < 1.29 is 9.47 Å². The summed E-state index contributed by atoms with van der Waals surface area (Å²) in [6.45, 7) is 1.95. The summed E-state index contributed by atoms with van der Waals surface area (Å²) >= 11 is 0. The molecule has 0 bridgehead atoms. The van der Waals surface area contributed by atoms with Crippen molar-refractivity contribution in [1.82, 2.24) is 20.1 Å². The van der Waals surface area contributed by atoms with Gasteiger partial charge in [-0.2, -0.15) is 10.1 Å². The second kappa shape index (κ2) is 6.44. The molecule has 0 saturated heterocycles. The van der Waals surface area contributed by atoms with E-state index in [9.17, 15) is 0 Å². The number of anilines is 3. The fourth-order valence-corrected chi connectivity index (χ4v) is 1.95. The van der Waals surface area contributed by atoms with Crippen LogP contribution >= 0.6 is 0 Å². The number of hydrogen-bond acceptors (Lipinski definition) is 8. The van der Waals surface area contributed by atoms with Gasteiger partial charge in [0.2, 0.25) is 12.7 Å². The Morgan fingerprint density at radius 3 is 2.95 bits per heavy atom. The average Bonchev–Trinajstić information content (AvgIpc) is 2.95. The normalized spacial score (nSPS) is 12.5. The minimum atomic E-state index is 0.252. The van der Waals surface area contributed by atoms with Crippen LogP contribution in [0.15, 0.2) is 24.4 Å². The molecule has 8 heteroatoms. The Bertz CT molecular complexity index is 649. The molecule has 0 amide bonds. The van der Waals surface area contributed by atoms with Crippen LogP contribution in [0.1, 0.15) is 0 Å². The van der Waals surface area contributed by atoms with Gasteiger partial charge in [-0.3, -0.25) is 0 Å². The van der Waals surface area contributed by atoms with E-state index in [1.165, 1.54) is 0 Å². The predicted molar refractivity (Wildman–Crippen MR) is 82.7 cm³/mol. The van der Waals surface area contributed by atoms with E-state index >= 15 is 0 Å². The number of rotatable bonds is 6. The van der Waals surface area contributed by atoms with E-state index in [0.717, 1.165) is 24.5 Å². The molecule has 0 aliphatic carbocycles. The van der Waals surface area contributed by atoms with Gasteiger partial charge in [0.15, 0.2) is 17.3 Å². The molecular formula is C14H18N6O2. The maximum absolute atomic E-state index is 5.34. The zero-order valence-electron chi connectivity index (χ0n) is 12.5. The molecule has 0 atom stereocenters. The van der Waals surface area contributed by atoms with E-state index < -0.39 is 0 Å². The smallest absolute Gasteiger partial charge is 0.249 e. The fourth-order valence-electron chi connectivity index (χ4n) is 1.95. The van der Waals surface area contributed by atoms with Gasteiger partial charge in [-0.1, -0.05) is 0 Å². The summed E-state index contributed by atoms with van der Waals surface area (Å²) in [6, 6.07) is 5.57. The van der Waals surface area contributed by atoms with E-state index in [1.807, 2.05) is 32.3 Å². The standard InChI is InChI=1S/C14H18N6O2/c1-20(2)6-5-15-13-8-16-19-14(18-13)17-10-3-4-11-12(7-10)22-9-21-11/h3-4,7-8H,5-6,9H2,1-2H3,(H2,15,17,18,19). The summed E-state index contributed by atoms with van der Waals surface area (Å²) in [7, 11) is 4.04. The van der Waals surface area contributed by atoms with Gasteiger partial charge >= 0.3 is 0 Å². The zero-order chi connectivity index (χ0) is 15.4. The molecule has 0 spiro atoms. The van der Waals surface area contributed by atoms with Gasteiger partial charge in [0, 0.05) is 24.8 Å². The number of likely N-dealkylation sites (N-methyl/N-ethyl adjacent to an activating group) is 1. The Hall–Kier alpha value is -2.61. The van der Waals surface area contributed by atoms with Crippen molar-refractivity contribution in [3.63, 3.8) is 0 Å². The lowest BCUT2D eigenvalue weighted by Gasteiger charge is -2.11. The number of hydrogen-bond donors (Lipinski definition) is 2. The van der Waals surface area contributed by atoms with Gasteiger partial charge in [-0.25, -0.2) is 0 Å². The summed E-state index contributed by atoms with van der Waals surface area (Å²) in [5.74, 6) is 2.55. The molecular weight excluding hydrogens is 284 g/mol. The second-order valence-electron chi connectivity index (χ2n) is 5.09. The minimum Gasteiger partial charge on any atom is -0.454 e. The Morgan fingerprint density at radius 2 is 2.09 bits per heavy atom. The number of aromatic nitrogens is 3. The molecule has 0 radical (unpaired) electrons. The number of ether oxygens (including phenoxy) is 2. The summed E-state index contributed by atoms with van der Waals surface area (Å²) < 4.78 is 10.6. The number of nitrogens with one attached hydrogen (secondary N) is 2. The monoisotopic (exact) mass is 302 g/mol. The molecule has 8 nitrogen and oxygen atoms in total. The Balaban J connectivity index is 1.65. The van der Waals surface area contributed by atoms with Gasteiger partial charge in [-0.05, 0) is 26.2 Å². The minimum absolute atomic E-state index is 0.252. The van der Waals surface area contributed by atoms with Crippen LogP contribution in [0.25, 0.3) is 0 Å². The topological polar surface area (TPSA) is 84.4 Å². The molecule has 22 heavy (non-hydrogen) atoms. The van der Waals surface area contributed by atoms with Gasteiger partial charge in [0.25, 0.3) is 0 Å². The third-order valence-corrected chi connectivity index (χ3v) is 3.05. The van der Waals surface area contributed by atoms with E-state index in [0.29, 0.717) is 17.5 Å². The molecule has 0 saturated carbocycles. The van der Waals surface area contributed by atoms with E-state index in [-0.39, 0.29) is 6.79 Å². The van der Waals surface area contributed by atoms with Crippen LogP contribution in [0.4, 0.5) is 17.5 Å². The second-order valence-corrected chi connectivity index (χ2v) is 5.09. The maximum atomic E-state index is 5.34. The molecule has 1 aliphatic rings. The molecule has 2 aromatic rings. The van der Waals surface area contributed by atoms with E-state index in [1.54, 1.807) is 6.20 Å². The SMILES string of the molecule is CN(C)CCNc1cnnc(Nc2ccc3c(c2)OCO3)n1. The quantitative estimate of drug-likeness (QED) is 0.826. The Kier molecular flexibility index (Phi) is 4.19. The first-order valence-corrected chi connectivity index (χ1v) is 6.96. The first kappa shape index (κ1) is 14.3. The molecule has 1 aromatic heterocycles. The van der Waals surface area contributed by atoms with Crippen molar-refractivity contribution in [1.29, 1.82) is 0 Å². The maximum Gasteiger partial charge on any atom is 0.249 e. The molecule has 0 unspecified atom stereocenters. The predicted octanol–water partition coefficient (Wildman–Crippen LogP) is 1.32. The molecule has 0 fully saturated rings. The van der Waals surface area contributed by atoms with Gasteiger partial charge in [-0.15, -0.1) is 5.10 Å². The summed E-state index contributed by atoms with van der Waals surface area (Å²) in [5.41, 5.74) is 0.816. The lowest BCUT2D eigenvalue weighted by atomic mass is 10.3. The first-order chi connectivity index (χ1) is 10.7. The van der Waals surface area contributed by atoms with Crippen LogP contribution in [0, 0.1) is 0 Å². The Morgan fingerprint density at radius 1 is 1.23 bits per heavy atom. The third-order valence-electron chi connectivity index (χ3n) is 3.05. The first-order valence-electron chi connectivity index (χ1n) is 6.96. The van der Waals surface area contributed by atoms with E-state index in [2.05, 4.69) is 30.7 Å². The molecule has 1 aromatic carbocycles. The molecule has 2 heterocycles. The third kappa shape index (κ3) is 3.53. The van der Waals surface area contributed by atoms with E-state index in [4.69, 9.17) is 9.47 Å². The number of nitrogens with zero attached hydrogens (tertiary/aromatic N) is 4. The van der Waals surface area contributed by atoms with Crippen molar-refractivity contribution in [3.8, 4) is 11.5 Å². The lowest BCUT2D eigenvalue weighted by Crippen LogP contribution is -2.21. The fraction of sp³-hybridized carbons (Fsp3) is 0.357. The molecule has 3 rings (SSSR count). The summed E-state index contributed by atoms with van der Waals surface area (Å²) in [5, 5.41) is 14.2. The highest BCUT2D eigenvalue weighted by molar-refractivity contribution is 5.60. The van der Waals surface area contributed by atoms with Crippen molar-refractivity contribution >= 4 is 17.5 Å². The van der Waals surface area contributed by atoms with Crippen LogP contribution in [-0.4, -0.2) is 54.1 Å². The number of fused-ring (bicyclic) bond motifs is 1. The highest BCUT2D eigenvalue weighted by atomic mass is 16.7. The molecule has 2 N–H and O–H groups in total. The summed E-state index contributed by atoms with van der Waals surface area (Å²) in [4.78, 5) is 6.46. The van der Waals surface area contributed by atoms with Crippen molar-refractivity contribution in [2.75, 3.05) is 44.6 Å². The lowest BCUT2D eigenvalue weighted by molar-refractivity contribution is 0.174. The van der Waals surface area contributed by atoms with Crippen LogP contribution < -0.4 is 20.1 Å². The highest BCUT2D eigenvalue weighted by Gasteiger charge is 2.13. The van der Waals surface area contributed by atoms with Crippen molar-refractivity contribution in [2.45, 2.75) is 0 Å². The average molecular weight is 302 g/mol. The molecule has 116 valence electrons. The number of benzene rings is 1. The van der Waals surface area contributed by atoms with Crippen LogP contribution in [0.5, 0.6) is 11.5 Å². The van der Waals surface area contributed by atoms with Gasteiger partial charge in [0.1, 0.15) is 0 Å². The van der Waals surface area contributed by atoms with Gasteiger partial charge in [0.05, 0.1) is 6.20 Å². The summed E-state index contributed by atoms with van der Waals surface area (Å²) in [6.07, 6.45) is 1.60. The van der Waals surface area contributed by atoms with Crippen LogP contribution in [-0.2, 0) is 0 Å². The van der Waals surface area contributed by atoms with Crippen molar-refractivity contribution in [3.05, 3.63) is 24.4 Å². The van der Waals surface area contributed by atoms with Crippen LogP contribution in [0.2, 0.25) is 0 Å². The zero-order valence-corrected chi connectivity index (χ0v) is 12.5. The van der Waals surface area contributed by atoms with Gasteiger partial charge < -0.3 is 25.0 Å². The van der Waals surface area contributed by atoms with Crippen LogP contribution in [0.3, 0.4) is 0 Å². The Labute approximate surface area is 128 Å². The van der Waals surface area contributed by atoms with Crippen molar-refractivity contribution in [2.24, 2.45) is 0 Å². The molecule has 1 aliphatic heterocycles.